The summed E-state index contributed by atoms with van der Waals surface area (Å²) >= 11 is 0. The van der Waals surface area contributed by atoms with Crippen LogP contribution in [-0.4, -0.2) is 33.7 Å². The zero-order chi connectivity index (χ0) is 8.85. The largest absolute Gasteiger partial charge is 0.597 e. The summed E-state index contributed by atoms with van der Waals surface area (Å²) in [6.45, 7) is -0.232. The lowest BCUT2D eigenvalue weighted by molar-refractivity contribution is -0.556. The maximum Gasteiger partial charge on any atom is 0.320 e. The van der Waals surface area contributed by atoms with Crippen LogP contribution >= 0.6 is 0 Å². The first-order valence-electron chi connectivity index (χ1n) is 2.86. The molecule has 0 spiro atoms. The van der Waals surface area contributed by atoms with Crippen LogP contribution in [0.1, 0.15) is 6.42 Å². The van der Waals surface area contributed by atoms with E-state index in [-0.39, 0.29) is 17.8 Å². The maximum absolute atomic E-state index is 10.2. The van der Waals surface area contributed by atoms with Gasteiger partial charge in [-0.25, -0.2) is 0 Å². The maximum atomic E-state index is 10.2. The van der Waals surface area contributed by atoms with Crippen LogP contribution in [-0.2, 0) is 4.79 Å². The number of nitrogens with two attached hydrogens (primary N) is 1. The summed E-state index contributed by atoms with van der Waals surface area (Å²) in [5.41, 5.74) is 5.03. The Bertz CT molecular complexity index is 169. The topological polar surface area (TPSA) is 122 Å². The molecule has 64 valence electrons. The fraction of sp³-hybridized carbons (Fsp3) is 0.750. The van der Waals surface area contributed by atoms with Crippen molar-refractivity contribution in [1.29, 1.82) is 0 Å². The highest BCUT2D eigenvalue weighted by Gasteiger charge is 2.13. The highest BCUT2D eigenvalue weighted by Crippen LogP contribution is 1.88. The first-order valence-corrected chi connectivity index (χ1v) is 2.86. The van der Waals surface area contributed by atoms with Crippen molar-refractivity contribution >= 4 is 5.97 Å². The summed E-state index contributed by atoms with van der Waals surface area (Å²) in [6, 6.07) is -1.09. The molecule has 0 aromatic rings. The standard InChI is InChI=1S/C4H9N3O4/c5-3(4(8)9)1-2-7(11)6-10/h3,10H,1-2,5H2,(H,8,9). The Morgan fingerprint density at radius 1 is 1.82 bits per heavy atom. The molecule has 1 atom stereocenters. The summed E-state index contributed by atoms with van der Waals surface area (Å²) in [6.07, 6.45) is -0.0527. The van der Waals surface area contributed by atoms with E-state index >= 15 is 0 Å². The molecule has 0 saturated carbocycles. The third-order valence-electron chi connectivity index (χ3n) is 1.05. The molecule has 0 radical (unpaired) electrons. The predicted molar refractivity (Wildman–Crippen MR) is 32.9 cm³/mol. The van der Waals surface area contributed by atoms with Crippen molar-refractivity contribution < 1.29 is 20.0 Å². The Morgan fingerprint density at radius 3 is 2.73 bits per heavy atom. The highest BCUT2D eigenvalue weighted by atomic mass is 16.6. The summed E-state index contributed by atoms with van der Waals surface area (Å²) in [5, 5.41) is 28.5. The number of hydrogen-bond acceptors (Lipinski definition) is 4. The third kappa shape index (κ3) is 4.09. The smallest absolute Gasteiger partial charge is 0.320 e. The second-order valence-corrected chi connectivity index (χ2v) is 1.90. The Labute approximate surface area is 62.3 Å². The van der Waals surface area contributed by atoms with E-state index in [1.807, 2.05) is 0 Å². The van der Waals surface area contributed by atoms with Crippen LogP contribution in [0.25, 0.3) is 0 Å². The van der Waals surface area contributed by atoms with E-state index in [0.29, 0.717) is 0 Å². The van der Waals surface area contributed by atoms with Gasteiger partial charge < -0.3 is 21.3 Å². The molecule has 0 aliphatic rings. The van der Waals surface area contributed by atoms with Crippen LogP contribution in [0, 0.1) is 5.21 Å². The van der Waals surface area contributed by atoms with E-state index < -0.39 is 12.0 Å². The molecule has 0 aromatic heterocycles. The fourth-order valence-electron chi connectivity index (χ4n) is 0.418. The van der Waals surface area contributed by atoms with E-state index in [1.54, 1.807) is 0 Å². The Balaban J connectivity index is 3.62. The number of nitrogens with zero attached hydrogens (tertiary/aromatic N) is 2. The minimum Gasteiger partial charge on any atom is -0.597 e. The lowest BCUT2D eigenvalue weighted by Gasteiger charge is -2.02. The monoisotopic (exact) mass is 163 g/mol. The van der Waals surface area contributed by atoms with Gasteiger partial charge in [0.25, 0.3) is 0 Å². The molecule has 0 heterocycles. The van der Waals surface area contributed by atoms with Crippen LogP contribution in [0.4, 0.5) is 0 Å². The van der Waals surface area contributed by atoms with Crippen molar-refractivity contribution in [2.75, 3.05) is 6.54 Å². The Hall–Kier alpha value is -1.37. The number of rotatable bonds is 4. The molecule has 0 aliphatic carbocycles. The molecule has 4 N–H and O–H groups in total. The van der Waals surface area contributed by atoms with Crippen molar-refractivity contribution in [2.45, 2.75) is 12.5 Å². The van der Waals surface area contributed by atoms with Gasteiger partial charge in [0.05, 0.1) is 0 Å². The van der Waals surface area contributed by atoms with Gasteiger partial charge in [0.2, 0.25) is 0 Å². The molecule has 7 heteroatoms. The Kier molecular flexibility index (Phi) is 3.89. The van der Waals surface area contributed by atoms with Crippen molar-refractivity contribution in [3.05, 3.63) is 5.21 Å². The van der Waals surface area contributed by atoms with E-state index in [4.69, 9.17) is 16.0 Å². The summed E-state index contributed by atoms with van der Waals surface area (Å²) < 4.78 is 0. The normalized spacial score (nSPS) is 14.5. The van der Waals surface area contributed by atoms with Gasteiger partial charge in [-0.3, -0.25) is 4.79 Å². The van der Waals surface area contributed by atoms with Crippen molar-refractivity contribution in [3.8, 4) is 0 Å². The van der Waals surface area contributed by atoms with Crippen molar-refractivity contribution in [2.24, 2.45) is 11.0 Å². The third-order valence-corrected chi connectivity index (χ3v) is 1.05. The number of carboxylic acid groups (broad SMARTS) is 1. The van der Waals surface area contributed by atoms with Crippen LogP contribution in [0.3, 0.4) is 0 Å². The molecular weight excluding hydrogens is 154 g/mol. The van der Waals surface area contributed by atoms with Gasteiger partial charge >= 0.3 is 5.97 Å². The molecule has 0 fully saturated rings. The van der Waals surface area contributed by atoms with Gasteiger partial charge in [0.1, 0.15) is 6.04 Å². The minimum atomic E-state index is -1.18. The van der Waals surface area contributed by atoms with Gasteiger partial charge in [-0.05, 0) is 0 Å². The van der Waals surface area contributed by atoms with E-state index in [1.165, 1.54) is 0 Å². The molecule has 0 bridgehead atoms. The second-order valence-electron chi connectivity index (χ2n) is 1.90. The molecule has 0 aromatic carbocycles. The number of hydrogen-bond donors (Lipinski definition) is 3. The predicted octanol–water partition coefficient (Wildman–Crippen LogP) is -0.860. The van der Waals surface area contributed by atoms with Gasteiger partial charge in [0.15, 0.2) is 11.8 Å². The first-order chi connectivity index (χ1) is 5.07. The van der Waals surface area contributed by atoms with Crippen molar-refractivity contribution in [1.82, 2.24) is 0 Å². The molecule has 11 heavy (non-hydrogen) atoms. The minimum absolute atomic E-state index is 0.0389. The zero-order valence-corrected chi connectivity index (χ0v) is 5.67. The lowest BCUT2D eigenvalue weighted by Crippen LogP contribution is -2.32. The van der Waals surface area contributed by atoms with Crippen molar-refractivity contribution in [3.63, 3.8) is 0 Å². The molecule has 7 nitrogen and oxygen atoms in total. The van der Waals surface area contributed by atoms with Gasteiger partial charge in [-0.2, -0.15) is 0 Å². The van der Waals surface area contributed by atoms with E-state index in [2.05, 4.69) is 5.28 Å². The van der Waals surface area contributed by atoms with E-state index in [0.717, 1.165) is 0 Å². The summed E-state index contributed by atoms with van der Waals surface area (Å²) in [4.78, 5) is 10.0. The average molecular weight is 163 g/mol. The molecule has 0 aliphatic heterocycles. The first kappa shape index (κ1) is 9.63. The average Bonchev–Trinajstić information content (AvgIpc) is 1.99. The molecule has 0 saturated heterocycles. The molecule has 0 rings (SSSR count). The van der Waals surface area contributed by atoms with Crippen LogP contribution in [0.2, 0.25) is 0 Å². The lowest BCUT2D eigenvalue weighted by atomic mass is 10.2. The van der Waals surface area contributed by atoms with Crippen LogP contribution in [0.5, 0.6) is 0 Å². The number of carbonyl (C=O) groups is 1. The SMILES string of the molecule is NC(CC[N+]([O-])=NO)C(=O)O. The van der Waals surface area contributed by atoms with Gasteiger partial charge in [-0.15, -0.1) is 0 Å². The van der Waals surface area contributed by atoms with Gasteiger partial charge in [-0.1, -0.05) is 4.86 Å². The quantitative estimate of drug-likeness (QED) is 0.283. The summed E-state index contributed by atoms with van der Waals surface area (Å²) in [7, 11) is 0. The highest BCUT2D eigenvalue weighted by molar-refractivity contribution is 5.72. The zero-order valence-electron chi connectivity index (χ0n) is 5.67. The molecule has 0 amide bonds. The summed E-state index contributed by atoms with van der Waals surface area (Å²) in [5.74, 6) is -1.18. The van der Waals surface area contributed by atoms with Crippen LogP contribution < -0.4 is 5.73 Å². The molecule has 1 unspecified atom stereocenters. The van der Waals surface area contributed by atoms with Gasteiger partial charge in [0, 0.05) is 6.42 Å². The van der Waals surface area contributed by atoms with E-state index in [9.17, 15) is 10.0 Å². The number of hydroxylamine groups is 1. The number of aliphatic carboxylic acids is 1. The number of carboxylic acids is 1. The second kappa shape index (κ2) is 4.45. The Morgan fingerprint density at radius 2 is 2.36 bits per heavy atom. The fourth-order valence-corrected chi connectivity index (χ4v) is 0.418. The van der Waals surface area contributed by atoms with Crippen LogP contribution in [0.15, 0.2) is 5.28 Å². The molecular formula is C4H9N3O4.